The highest BCUT2D eigenvalue weighted by molar-refractivity contribution is 6.39. The zero-order valence-electron chi connectivity index (χ0n) is 27.3. The summed E-state index contributed by atoms with van der Waals surface area (Å²) >= 11 is 0. The predicted molar refractivity (Wildman–Crippen MR) is 186 cm³/mol. The van der Waals surface area contributed by atoms with Crippen molar-refractivity contribution in [2.45, 2.75) is 10.8 Å². The third kappa shape index (κ3) is 3.67. The quantitative estimate of drug-likeness (QED) is 0.213. The Bertz CT molecular complexity index is 2280. The molecule has 10 rings (SSSR count). The number of carboxylic acid groups (broad SMARTS) is 1. The molecule has 10 nitrogen and oxygen atoms in total. The lowest BCUT2D eigenvalue weighted by atomic mass is 9.59. The largest absolute Gasteiger partial charge is 0.478 e. The van der Waals surface area contributed by atoms with Gasteiger partial charge in [-0.15, -0.1) is 0 Å². The Kier molecular flexibility index (Phi) is 6.19. The number of anilines is 1. The van der Waals surface area contributed by atoms with E-state index >= 15 is 14.4 Å². The lowest BCUT2D eigenvalue weighted by Gasteiger charge is -2.39. The third-order valence-corrected chi connectivity index (χ3v) is 11.1. The third-order valence-electron chi connectivity index (χ3n) is 11.1. The lowest BCUT2D eigenvalue weighted by molar-refractivity contribution is -0.130. The summed E-state index contributed by atoms with van der Waals surface area (Å²) in [5.74, 6) is -2.74. The molecule has 5 aliphatic rings. The van der Waals surface area contributed by atoms with Crippen LogP contribution in [-0.4, -0.2) is 42.3 Å². The number of Topliss-reactive ketones (excluding diaryl/α,β-unsaturated/α-hetero) is 1. The van der Waals surface area contributed by atoms with Crippen LogP contribution < -0.4 is 23.8 Å². The van der Waals surface area contributed by atoms with Gasteiger partial charge in [0.2, 0.25) is 25.4 Å². The van der Waals surface area contributed by atoms with Gasteiger partial charge in [0.15, 0.2) is 28.8 Å². The van der Waals surface area contributed by atoms with Crippen LogP contribution in [0.15, 0.2) is 121 Å². The number of carbonyl (C=O) groups excluding carboxylic acids is 3. The molecule has 0 spiro atoms. The van der Waals surface area contributed by atoms with E-state index in [4.69, 9.17) is 18.9 Å². The molecule has 10 heteroatoms. The van der Waals surface area contributed by atoms with Gasteiger partial charge in [0.1, 0.15) is 0 Å². The molecule has 52 heavy (non-hydrogen) atoms. The van der Waals surface area contributed by atoms with Gasteiger partial charge >= 0.3 is 5.97 Å². The molecule has 3 aliphatic heterocycles. The van der Waals surface area contributed by atoms with Crippen molar-refractivity contribution in [1.29, 1.82) is 0 Å². The summed E-state index contributed by atoms with van der Waals surface area (Å²) in [5.41, 5.74) is 0.502. The standard InChI is InChI=1S/C42H27NO9/c44-37-35-36(38(45)43(37)28-15-11-23(12-16-28)39(46)47)42(27-9-5-2-6-10-27)34(25-14-18-30-32(20-25)52-22-50-30)33(24-13-17-29-31(19-24)51-21-49-29)41(35,40(42)48)26-7-3-1-4-8-26/h1-20,35-36H,21-22H2,(H,46,47). The molecule has 1 saturated heterocycles. The number of hydrogen-bond acceptors (Lipinski definition) is 8. The molecule has 2 bridgehead atoms. The first-order valence-electron chi connectivity index (χ1n) is 16.8. The molecule has 254 valence electrons. The van der Waals surface area contributed by atoms with Crippen molar-refractivity contribution >= 4 is 40.4 Å². The van der Waals surface area contributed by atoms with Crippen LogP contribution in [0.3, 0.4) is 0 Å². The highest BCUT2D eigenvalue weighted by Gasteiger charge is 2.82. The maximum absolute atomic E-state index is 16.2. The topological polar surface area (TPSA) is 129 Å². The van der Waals surface area contributed by atoms with Crippen LogP contribution in [0.4, 0.5) is 5.69 Å². The van der Waals surface area contributed by atoms with Gasteiger partial charge in [-0.3, -0.25) is 14.4 Å². The molecule has 5 aromatic carbocycles. The Morgan fingerprint density at radius 2 is 1.02 bits per heavy atom. The van der Waals surface area contributed by atoms with E-state index in [1.807, 2.05) is 84.9 Å². The van der Waals surface area contributed by atoms with Crippen LogP contribution in [-0.2, 0) is 25.2 Å². The van der Waals surface area contributed by atoms with Gasteiger partial charge < -0.3 is 24.1 Å². The fourth-order valence-corrected chi connectivity index (χ4v) is 9.24. The van der Waals surface area contributed by atoms with E-state index < -0.39 is 40.4 Å². The summed E-state index contributed by atoms with van der Waals surface area (Å²) < 4.78 is 23.0. The second-order valence-electron chi connectivity index (χ2n) is 13.4. The number of nitrogens with zero attached hydrogens (tertiary/aromatic N) is 1. The van der Waals surface area contributed by atoms with Crippen molar-refractivity contribution in [2.24, 2.45) is 11.8 Å². The van der Waals surface area contributed by atoms with Crippen LogP contribution in [0.2, 0.25) is 0 Å². The average Bonchev–Trinajstić information content (AvgIpc) is 3.98. The number of fused-ring (bicyclic) bond motifs is 7. The normalized spacial score (nSPS) is 24.9. The molecule has 1 saturated carbocycles. The zero-order valence-corrected chi connectivity index (χ0v) is 27.3. The number of ether oxygens (including phenoxy) is 4. The summed E-state index contributed by atoms with van der Waals surface area (Å²) in [5, 5.41) is 9.57. The van der Waals surface area contributed by atoms with E-state index in [0.29, 0.717) is 56.4 Å². The van der Waals surface area contributed by atoms with Crippen molar-refractivity contribution in [1.82, 2.24) is 0 Å². The van der Waals surface area contributed by atoms with E-state index in [9.17, 15) is 9.90 Å². The first kappa shape index (κ1) is 30.2. The van der Waals surface area contributed by atoms with E-state index in [2.05, 4.69) is 0 Å². The lowest BCUT2D eigenvalue weighted by Crippen LogP contribution is -2.45. The van der Waals surface area contributed by atoms with Crippen molar-refractivity contribution in [2.75, 3.05) is 18.5 Å². The molecular weight excluding hydrogens is 662 g/mol. The number of carbonyl (C=O) groups is 4. The number of hydrogen-bond donors (Lipinski definition) is 1. The fourth-order valence-electron chi connectivity index (χ4n) is 9.24. The van der Waals surface area contributed by atoms with E-state index in [0.717, 1.165) is 4.90 Å². The Balaban J connectivity index is 1.34. The monoisotopic (exact) mass is 689 g/mol. The molecule has 0 radical (unpaired) electrons. The second-order valence-corrected chi connectivity index (χ2v) is 13.4. The second kappa shape index (κ2) is 10.7. The number of imide groups is 1. The number of carboxylic acids is 1. The SMILES string of the molecule is O=C(O)c1ccc(N2C(=O)C3C(C2=O)C2(c4ccccc4)C(=O)C3(c3ccccc3)C(c3ccc4c(c3)OCO4)=C2c2ccc3c(c2)OCO3)cc1. The number of amides is 2. The number of aromatic carboxylic acids is 1. The predicted octanol–water partition coefficient (Wildman–Crippen LogP) is 6.03. The molecule has 2 fully saturated rings. The number of allylic oxidation sites excluding steroid dienone is 2. The van der Waals surface area contributed by atoms with Crippen molar-refractivity contribution in [3.63, 3.8) is 0 Å². The molecule has 0 aromatic heterocycles. The minimum absolute atomic E-state index is 0.0108. The zero-order chi connectivity index (χ0) is 35.4. The van der Waals surface area contributed by atoms with Gasteiger partial charge in [0.05, 0.1) is 33.9 Å². The van der Waals surface area contributed by atoms with Crippen LogP contribution >= 0.6 is 0 Å². The van der Waals surface area contributed by atoms with Crippen LogP contribution in [0.5, 0.6) is 23.0 Å². The Labute approximate surface area is 296 Å². The smallest absolute Gasteiger partial charge is 0.335 e. The van der Waals surface area contributed by atoms with Gasteiger partial charge in [-0.2, -0.15) is 0 Å². The number of ketones is 1. The molecule has 2 aliphatic carbocycles. The van der Waals surface area contributed by atoms with Crippen molar-refractivity contribution in [3.05, 3.63) is 149 Å². The summed E-state index contributed by atoms with van der Waals surface area (Å²) in [6.07, 6.45) is 0. The van der Waals surface area contributed by atoms with Crippen LogP contribution in [0, 0.1) is 11.8 Å². The van der Waals surface area contributed by atoms with E-state index in [-0.39, 0.29) is 30.6 Å². The number of rotatable bonds is 6. The van der Waals surface area contributed by atoms with Crippen molar-refractivity contribution < 1.29 is 43.2 Å². The highest BCUT2D eigenvalue weighted by Crippen LogP contribution is 2.74. The average molecular weight is 690 g/mol. The summed E-state index contributed by atoms with van der Waals surface area (Å²) in [6, 6.07) is 35.0. The Morgan fingerprint density at radius 3 is 1.46 bits per heavy atom. The summed E-state index contributed by atoms with van der Waals surface area (Å²) in [4.78, 5) is 59.4. The van der Waals surface area contributed by atoms with E-state index in [1.54, 1.807) is 12.1 Å². The molecule has 3 heterocycles. The minimum Gasteiger partial charge on any atom is -0.478 e. The van der Waals surface area contributed by atoms with Gasteiger partial charge in [0, 0.05) is 0 Å². The summed E-state index contributed by atoms with van der Waals surface area (Å²) in [6.45, 7) is 0.0771. The maximum Gasteiger partial charge on any atom is 0.335 e. The first-order valence-corrected chi connectivity index (χ1v) is 16.8. The molecule has 4 atom stereocenters. The van der Waals surface area contributed by atoms with Crippen molar-refractivity contribution in [3.8, 4) is 23.0 Å². The Morgan fingerprint density at radius 1 is 0.577 bits per heavy atom. The molecular formula is C42H27NO9. The molecule has 2 amide bonds. The van der Waals surface area contributed by atoms with E-state index in [1.165, 1.54) is 24.3 Å². The molecule has 4 unspecified atom stereocenters. The fraction of sp³-hybridized carbons (Fsp3) is 0.143. The Hall–Kier alpha value is -6.68. The molecule has 5 aromatic rings. The van der Waals surface area contributed by atoms with Gasteiger partial charge in [-0.1, -0.05) is 72.8 Å². The van der Waals surface area contributed by atoms with Gasteiger partial charge in [-0.05, 0) is 81.9 Å². The summed E-state index contributed by atoms with van der Waals surface area (Å²) in [7, 11) is 0. The number of benzene rings is 5. The molecule has 1 N–H and O–H groups in total. The highest BCUT2D eigenvalue weighted by atomic mass is 16.7. The van der Waals surface area contributed by atoms with Gasteiger partial charge in [-0.25, -0.2) is 9.69 Å². The minimum atomic E-state index is -1.65. The van der Waals surface area contributed by atoms with Crippen LogP contribution in [0.1, 0.15) is 32.6 Å². The first-order chi connectivity index (χ1) is 25.4. The van der Waals surface area contributed by atoms with Gasteiger partial charge in [0.25, 0.3) is 0 Å². The maximum atomic E-state index is 16.2. The van der Waals surface area contributed by atoms with Crippen LogP contribution in [0.25, 0.3) is 11.1 Å².